The Morgan fingerprint density at radius 2 is 1.61 bits per heavy atom. The molecule has 2 N–H and O–H groups in total. The molecule has 116 valence electrons. The standard InChI is InChI=1S/C17H14ClN3O2/c18-15-10-16(21-17(19)20-15)23-14-8-6-13(7-9-14)22-11-12-4-2-1-3-5-12/h1-10H,11H2,(H2,19,20,21). The van der Waals surface area contributed by atoms with Crippen molar-refractivity contribution in [3.63, 3.8) is 0 Å². The Bertz CT molecular complexity index is 759. The average Bonchev–Trinajstić information content (AvgIpc) is 2.54. The fraction of sp³-hybridized carbons (Fsp3) is 0.0588. The van der Waals surface area contributed by atoms with Gasteiger partial charge in [-0.1, -0.05) is 41.9 Å². The molecule has 1 heterocycles. The second-order valence-corrected chi connectivity index (χ2v) is 5.12. The first-order valence-corrected chi connectivity index (χ1v) is 7.31. The van der Waals surface area contributed by atoms with E-state index in [0.29, 0.717) is 18.2 Å². The number of ether oxygens (including phenoxy) is 2. The molecule has 3 aromatic rings. The highest BCUT2D eigenvalue weighted by Crippen LogP contribution is 2.24. The molecule has 2 aromatic carbocycles. The zero-order valence-corrected chi connectivity index (χ0v) is 12.9. The molecule has 0 amide bonds. The normalized spacial score (nSPS) is 10.3. The number of aromatic nitrogens is 2. The fourth-order valence-electron chi connectivity index (χ4n) is 1.93. The van der Waals surface area contributed by atoms with E-state index in [1.807, 2.05) is 42.5 Å². The molecule has 0 aliphatic heterocycles. The quantitative estimate of drug-likeness (QED) is 0.715. The number of hydrogen-bond donors (Lipinski definition) is 1. The van der Waals surface area contributed by atoms with Gasteiger partial charge < -0.3 is 15.2 Å². The maximum atomic E-state index is 5.81. The lowest BCUT2D eigenvalue weighted by atomic mass is 10.2. The van der Waals surface area contributed by atoms with Crippen LogP contribution in [0.4, 0.5) is 5.95 Å². The molecule has 23 heavy (non-hydrogen) atoms. The first-order valence-electron chi connectivity index (χ1n) is 6.94. The smallest absolute Gasteiger partial charge is 0.225 e. The van der Waals surface area contributed by atoms with Gasteiger partial charge >= 0.3 is 0 Å². The average molecular weight is 328 g/mol. The number of nitrogen functional groups attached to an aromatic ring is 1. The van der Waals surface area contributed by atoms with Crippen molar-refractivity contribution in [1.29, 1.82) is 0 Å². The summed E-state index contributed by atoms with van der Waals surface area (Å²) in [7, 11) is 0. The zero-order valence-electron chi connectivity index (χ0n) is 12.1. The van der Waals surface area contributed by atoms with Gasteiger partial charge in [0.2, 0.25) is 11.8 Å². The molecule has 0 saturated heterocycles. The summed E-state index contributed by atoms with van der Waals surface area (Å²) in [5.74, 6) is 1.71. The van der Waals surface area contributed by atoms with Crippen molar-refractivity contribution in [2.75, 3.05) is 5.73 Å². The van der Waals surface area contributed by atoms with E-state index in [9.17, 15) is 0 Å². The fourth-order valence-corrected chi connectivity index (χ4v) is 2.11. The van der Waals surface area contributed by atoms with Crippen LogP contribution in [0.2, 0.25) is 5.15 Å². The van der Waals surface area contributed by atoms with Gasteiger partial charge in [0.1, 0.15) is 23.3 Å². The predicted molar refractivity (Wildman–Crippen MR) is 88.7 cm³/mol. The lowest BCUT2D eigenvalue weighted by Gasteiger charge is -2.08. The Hall–Kier alpha value is -2.79. The number of halogens is 1. The largest absolute Gasteiger partial charge is 0.489 e. The number of nitrogens with two attached hydrogens (primary N) is 1. The topological polar surface area (TPSA) is 70.3 Å². The second-order valence-electron chi connectivity index (χ2n) is 4.73. The van der Waals surface area contributed by atoms with Crippen LogP contribution < -0.4 is 15.2 Å². The van der Waals surface area contributed by atoms with Crippen molar-refractivity contribution in [2.24, 2.45) is 0 Å². The van der Waals surface area contributed by atoms with Gasteiger partial charge in [-0.15, -0.1) is 0 Å². The van der Waals surface area contributed by atoms with Crippen LogP contribution in [0, 0.1) is 0 Å². The minimum atomic E-state index is 0.0651. The third-order valence-corrected chi connectivity index (χ3v) is 3.18. The molecule has 5 nitrogen and oxygen atoms in total. The summed E-state index contributed by atoms with van der Waals surface area (Å²) < 4.78 is 11.3. The van der Waals surface area contributed by atoms with Crippen LogP contribution in [0.5, 0.6) is 17.4 Å². The summed E-state index contributed by atoms with van der Waals surface area (Å²) in [6.45, 7) is 0.513. The van der Waals surface area contributed by atoms with Crippen LogP contribution in [-0.2, 0) is 6.61 Å². The van der Waals surface area contributed by atoms with Crippen LogP contribution in [0.1, 0.15) is 5.56 Å². The van der Waals surface area contributed by atoms with E-state index >= 15 is 0 Å². The number of benzene rings is 2. The first kappa shape index (κ1) is 15.1. The van der Waals surface area contributed by atoms with Gasteiger partial charge in [-0.25, -0.2) is 4.98 Å². The van der Waals surface area contributed by atoms with Crippen molar-refractivity contribution in [2.45, 2.75) is 6.61 Å². The first-order chi connectivity index (χ1) is 11.2. The molecule has 0 atom stereocenters. The summed E-state index contributed by atoms with van der Waals surface area (Å²) in [5.41, 5.74) is 6.64. The molecule has 0 fully saturated rings. The van der Waals surface area contributed by atoms with E-state index in [4.69, 9.17) is 26.8 Å². The number of hydrogen-bond acceptors (Lipinski definition) is 5. The molecular weight excluding hydrogens is 314 g/mol. The minimum absolute atomic E-state index is 0.0651. The van der Waals surface area contributed by atoms with Crippen molar-refractivity contribution in [1.82, 2.24) is 9.97 Å². The van der Waals surface area contributed by atoms with Gasteiger partial charge in [0.05, 0.1) is 0 Å². The lowest BCUT2D eigenvalue weighted by Crippen LogP contribution is -1.97. The molecule has 0 aliphatic rings. The Kier molecular flexibility index (Phi) is 4.59. The molecule has 0 bridgehead atoms. The molecule has 3 rings (SSSR count). The van der Waals surface area contributed by atoms with Gasteiger partial charge in [-0.3, -0.25) is 0 Å². The van der Waals surface area contributed by atoms with Crippen LogP contribution in [0.25, 0.3) is 0 Å². The summed E-state index contributed by atoms with van der Waals surface area (Å²) in [6, 6.07) is 18.7. The minimum Gasteiger partial charge on any atom is -0.489 e. The van der Waals surface area contributed by atoms with Gasteiger partial charge in [0, 0.05) is 6.07 Å². The Labute approximate surface area is 138 Å². The maximum Gasteiger partial charge on any atom is 0.225 e. The summed E-state index contributed by atoms with van der Waals surface area (Å²) in [4.78, 5) is 7.73. The lowest BCUT2D eigenvalue weighted by molar-refractivity contribution is 0.305. The third kappa shape index (κ3) is 4.34. The molecule has 0 saturated carbocycles. The summed E-state index contributed by atoms with van der Waals surface area (Å²) in [5, 5.41) is 0.232. The SMILES string of the molecule is Nc1nc(Cl)cc(Oc2ccc(OCc3ccccc3)cc2)n1. The Balaban J connectivity index is 1.62. The van der Waals surface area contributed by atoms with Crippen LogP contribution in [0.15, 0.2) is 60.7 Å². The van der Waals surface area contributed by atoms with Gasteiger partial charge in [-0.2, -0.15) is 4.98 Å². The molecule has 1 aromatic heterocycles. The molecule has 0 unspecified atom stereocenters. The van der Waals surface area contributed by atoms with Crippen molar-refractivity contribution < 1.29 is 9.47 Å². The molecule has 6 heteroatoms. The van der Waals surface area contributed by atoms with Gasteiger partial charge in [-0.05, 0) is 29.8 Å². The third-order valence-electron chi connectivity index (χ3n) is 2.98. The van der Waals surface area contributed by atoms with E-state index in [1.165, 1.54) is 6.07 Å². The molecule has 0 spiro atoms. The van der Waals surface area contributed by atoms with E-state index in [-0.39, 0.29) is 11.1 Å². The molecule has 0 aliphatic carbocycles. The highest BCUT2D eigenvalue weighted by atomic mass is 35.5. The van der Waals surface area contributed by atoms with Crippen LogP contribution >= 0.6 is 11.6 Å². The highest BCUT2D eigenvalue weighted by molar-refractivity contribution is 6.29. The Morgan fingerprint density at radius 3 is 2.30 bits per heavy atom. The van der Waals surface area contributed by atoms with E-state index in [0.717, 1.165) is 11.3 Å². The zero-order chi connectivity index (χ0) is 16.1. The van der Waals surface area contributed by atoms with Crippen molar-refractivity contribution >= 4 is 17.5 Å². The summed E-state index contributed by atoms with van der Waals surface area (Å²) >= 11 is 5.81. The second kappa shape index (κ2) is 6.98. The van der Waals surface area contributed by atoms with Crippen LogP contribution in [-0.4, -0.2) is 9.97 Å². The van der Waals surface area contributed by atoms with Gasteiger partial charge in [0.15, 0.2) is 0 Å². The molecular formula is C17H14ClN3O2. The predicted octanol–water partition coefficient (Wildman–Crippen LogP) is 4.08. The summed E-state index contributed by atoms with van der Waals surface area (Å²) in [6.07, 6.45) is 0. The van der Waals surface area contributed by atoms with E-state index < -0.39 is 0 Å². The van der Waals surface area contributed by atoms with E-state index in [2.05, 4.69) is 9.97 Å². The van der Waals surface area contributed by atoms with Crippen molar-refractivity contribution in [3.05, 3.63) is 71.4 Å². The van der Waals surface area contributed by atoms with Crippen LogP contribution in [0.3, 0.4) is 0 Å². The van der Waals surface area contributed by atoms with Gasteiger partial charge in [0.25, 0.3) is 0 Å². The monoisotopic (exact) mass is 327 g/mol. The van der Waals surface area contributed by atoms with Crippen molar-refractivity contribution in [3.8, 4) is 17.4 Å². The highest BCUT2D eigenvalue weighted by Gasteiger charge is 2.04. The maximum absolute atomic E-state index is 5.81. The number of anilines is 1. The molecule has 0 radical (unpaired) electrons. The number of nitrogens with zero attached hydrogens (tertiary/aromatic N) is 2. The Morgan fingerprint density at radius 1 is 0.913 bits per heavy atom. The number of rotatable bonds is 5. The van der Waals surface area contributed by atoms with E-state index in [1.54, 1.807) is 12.1 Å².